The minimum atomic E-state index is 0. The van der Waals surface area contributed by atoms with E-state index in [0.29, 0.717) is 0 Å². The molecule has 1 rings (SSSR count). The number of benzene rings is 1. The van der Waals surface area contributed by atoms with Crippen molar-refractivity contribution in [3.8, 4) is 0 Å². The van der Waals surface area contributed by atoms with E-state index in [1.165, 1.54) is 56.9 Å². The van der Waals surface area contributed by atoms with Crippen LogP contribution in [0.25, 0.3) is 0 Å². The van der Waals surface area contributed by atoms with E-state index in [1.54, 1.807) is 11.1 Å². The molecule has 0 radical (unpaired) electrons. The summed E-state index contributed by atoms with van der Waals surface area (Å²) in [6.45, 7) is 6.79. The van der Waals surface area contributed by atoms with Crippen LogP contribution in [0.1, 0.15) is 76.0 Å². The Morgan fingerprint density at radius 3 is 1.80 bits per heavy atom. The summed E-state index contributed by atoms with van der Waals surface area (Å²) in [4.78, 5) is 0. The van der Waals surface area contributed by atoms with Gasteiger partial charge in [0.15, 0.2) is 0 Å². The zero-order chi connectivity index (χ0) is 14.1. The molecule has 0 aromatic heterocycles. The highest BCUT2D eigenvalue weighted by molar-refractivity contribution is 8.93. The minimum Gasteiger partial charge on any atom is -0.398 e. The fourth-order valence-electron chi connectivity index (χ4n) is 2.67. The van der Waals surface area contributed by atoms with Crippen molar-refractivity contribution in [3.63, 3.8) is 0 Å². The standard InChI is InChI=1S/C18H31N.BrH/c1-4-7-10-15-13-14-18(19)17(12-9-6-3)16(15)11-8-5-2;/h13-14H,4-12,19H2,1-3H3;1H. The molecular weight excluding hydrogens is 310 g/mol. The van der Waals surface area contributed by atoms with Crippen molar-refractivity contribution in [1.29, 1.82) is 0 Å². The molecule has 0 saturated carbocycles. The molecular formula is C18H32BrN. The highest BCUT2D eigenvalue weighted by atomic mass is 79.9. The Hall–Kier alpha value is -0.500. The smallest absolute Gasteiger partial charge is 0.0349 e. The van der Waals surface area contributed by atoms with Gasteiger partial charge in [-0.1, -0.05) is 46.1 Å². The highest BCUT2D eigenvalue weighted by Crippen LogP contribution is 2.26. The molecule has 0 bridgehead atoms. The van der Waals surface area contributed by atoms with E-state index in [0.717, 1.165) is 12.1 Å². The van der Waals surface area contributed by atoms with E-state index in [1.807, 2.05) is 0 Å². The van der Waals surface area contributed by atoms with Crippen LogP contribution in [0.2, 0.25) is 0 Å². The number of nitrogen functional groups attached to an aromatic ring is 1. The average molecular weight is 342 g/mol. The molecule has 1 aromatic rings. The fraction of sp³-hybridized carbons (Fsp3) is 0.667. The van der Waals surface area contributed by atoms with Gasteiger partial charge in [0.1, 0.15) is 0 Å². The van der Waals surface area contributed by atoms with Gasteiger partial charge in [-0.3, -0.25) is 0 Å². The third-order valence-electron chi connectivity index (χ3n) is 3.92. The SMILES string of the molecule is Br.CCCCc1ccc(N)c(CCCC)c1CCCC. The topological polar surface area (TPSA) is 26.0 Å². The van der Waals surface area contributed by atoms with Crippen molar-refractivity contribution in [1.82, 2.24) is 0 Å². The van der Waals surface area contributed by atoms with Gasteiger partial charge < -0.3 is 5.73 Å². The van der Waals surface area contributed by atoms with Gasteiger partial charge in [-0.25, -0.2) is 0 Å². The molecule has 20 heavy (non-hydrogen) atoms. The summed E-state index contributed by atoms with van der Waals surface area (Å²) in [5.74, 6) is 0. The van der Waals surface area contributed by atoms with Gasteiger partial charge in [0.25, 0.3) is 0 Å². The first kappa shape index (κ1) is 19.5. The molecule has 0 fully saturated rings. The summed E-state index contributed by atoms with van der Waals surface area (Å²) in [6, 6.07) is 4.40. The normalized spacial score (nSPS) is 10.3. The molecule has 0 amide bonds. The van der Waals surface area contributed by atoms with Crippen molar-refractivity contribution >= 4 is 22.7 Å². The summed E-state index contributed by atoms with van der Waals surface area (Å²) in [5, 5.41) is 0. The number of hydrogen-bond donors (Lipinski definition) is 1. The van der Waals surface area contributed by atoms with Crippen LogP contribution in [0, 0.1) is 0 Å². The van der Waals surface area contributed by atoms with Gasteiger partial charge in [-0.2, -0.15) is 0 Å². The van der Waals surface area contributed by atoms with E-state index in [-0.39, 0.29) is 17.0 Å². The predicted octanol–water partition coefficient (Wildman–Crippen LogP) is 5.87. The maximum Gasteiger partial charge on any atom is 0.0349 e. The zero-order valence-corrected chi connectivity index (χ0v) is 15.2. The van der Waals surface area contributed by atoms with E-state index in [9.17, 15) is 0 Å². The molecule has 0 unspecified atom stereocenters. The van der Waals surface area contributed by atoms with Gasteiger partial charge in [0.05, 0.1) is 0 Å². The first-order valence-electron chi connectivity index (χ1n) is 8.13. The highest BCUT2D eigenvalue weighted by Gasteiger charge is 2.11. The maximum atomic E-state index is 6.23. The third-order valence-corrected chi connectivity index (χ3v) is 3.92. The van der Waals surface area contributed by atoms with Gasteiger partial charge in [0, 0.05) is 5.69 Å². The van der Waals surface area contributed by atoms with Crippen LogP contribution in [0.3, 0.4) is 0 Å². The third kappa shape index (κ3) is 5.87. The number of unbranched alkanes of at least 4 members (excludes halogenated alkanes) is 3. The lowest BCUT2D eigenvalue weighted by molar-refractivity contribution is 0.736. The minimum absolute atomic E-state index is 0. The lowest BCUT2D eigenvalue weighted by Crippen LogP contribution is -2.05. The molecule has 0 aliphatic rings. The van der Waals surface area contributed by atoms with Crippen molar-refractivity contribution < 1.29 is 0 Å². The van der Waals surface area contributed by atoms with E-state index < -0.39 is 0 Å². The second-order valence-corrected chi connectivity index (χ2v) is 5.58. The molecule has 2 heteroatoms. The Morgan fingerprint density at radius 1 is 0.750 bits per heavy atom. The first-order valence-corrected chi connectivity index (χ1v) is 8.13. The molecule has 0 aliphatic heterocycles. The Kier molecular flexibility index (Phi) is 10.9. The summed E-state index contributed by atoms with van der Waals surface area (Å²) >= 11 is 0. The van der Waals surface area contributed by atoms with Crippen LogP contribution < -0.4 is 5.73 Å². The van der Waals surface area contributed by atoms with Crippen molar-refractivity contribution in [3.05, 3.63) is 28.8 Å². The van der Waals surface area contributed by atoms with Gasteiger partial charge in [-0.05, 0) is 61.3 Å². The predicted molar refractivity (Wildman–Crippen MR) is 97.0 cm³/mol. The average Bonchev–Trinajstić information content (AvgIpc) is 2.42. The molecule has 0 aliphatic carbocycles. The summed E-state index contributed by atoms with van der Waals surface area (Å²) in [6.07, 6.45) is 11.2. The van der Waals surface area contributed by atoms with Crippen LogP contribution in [0.4, 0.5) is 5.69 Å². The number of hydrogen-bond acceptors (Lipinski definition) is 1. The van der Waals surface area contributed by atoms with Crippen LogP contribution in [0.5, 0.6) is 0 Å². The summed E-state index contributed by atoms with van der Waals surface area (Å²) < 4.78 is 0. The monoisotopic (exact) mass is 341 g/mol. The molecule has 1 aromatic carbocycles. The Labute approximate surface area is 136 Å². The second kappa shape index (κ2) is 11.2. The first-order chi connectivity index (χ1) is 9.24. The molecule has 2 N–H and O–H groups in total. The number of rotatable bonds is 9. The lowest BCUT2D eigenvalue weighted by atomic mass is 9.90. The van der Waals surface area contributed by atoms with E-state index in [4.69, 9.17) is 5.73 Å². The van der Waals surface area contributed by atoms with E-state index in [2.05, 4.69) is 32.9 Å². The van der Waals surface area contributed by atoms with Gasteiger partial charge >= 0.3 is 0 Å². The number of nitrogens with two attached hydrogens (primary N) is 1. The van der Waals surface area contributed by atoms with Crippen LogP contribution in [-0.2, 0) is 19.3 Å². The molecule has 1 nitrogen and oxygen atoms in total. The molecule has 0 saturated heterocycles. The van der Waals surface area contributed by atoms with Crippen LogP contribution in [0.15, 0.2) is 12.1 Å². The Bertz CT molecular complexity index is 374. The van der Waals surface area contributed by atoms with Crippen molar-refractivity contribution in [2.24, 2.45) is 0 Å². The van der Waals surface area contributed by atoms with Gasteiger partial charge in [0.2, 0.25) is 0 Å². The molecule has 0 heterocycles. The second-order valence-electron chi connectivity index (χ2n) is 5.58. The fourth-order valence-corrected chi connectivity index (χ4v) is 2.67. The molecule has 116 valence electrons. The maximum absolute atomic E-state index is 6.23. The van der Waals surface area contributed by atoms with Crippen molar-refractivity contribution in [2.45, 2.75) is 78.6 Å². The van der Waals surface area contributed by atoms with Gasteiger partial charge in [-0.15, -0.1) is 17.0 Å². The van der Waals surface area contributed by atoms with E-state index >= 15 is 0 Å². The number of aryl methyl sites for hydroxylation is 1. The Balaban J connectivity index is 0.00000361. The zero-order valence-electron chi connectivity index (χ0n) is 13.5. The van der Waals surface area contributed by atoms with Crippen molar-refractivity contribution in [2.75, 3.05) is 5.73 Å². The number of halogens is 1. The summed E-state index contributed by atoms with van der Waals surface area (Å²) in [5.41, 5.74) is 11.8. The summed E-state index contributed by atoms with van der Waals surface area (Å²) in [7, 11) is 0. The Morgan fingerprint density at radius 2 is 1.25 bits per heavy atom. The molecule has 0 atom stereocenters. The molecule has 0 spiro atoms. The number of anilines is 1. The largest absolute Gasteiger partial charge is 0.398 e. The van der Waals surface area contributed by atoms with Crippen LogP contribution >= 0.6 is 17.0 Å². The lowest BCUT2D eigenvalue weighted by Gasteiger charge is -2.17. The van der Waals surface area contributed by atoms with Crippen LogP contribution in [-0.4, -0.2) is 0 Å². The quantitative estimate of drug-likeness (QED) is 0.558.